The number of rotatable bonds is 10. The number of sulfone groups is 1. The van der Waals surface area contributed by atoms with E-state index in [4.69, 9.17) is 21.4 Å². The van der Waals surface area contributed by atoms with Gasteiger partial charge in [-0.05, 0) is 50.2 Å². The molecule has 0 spiro atoms. The van der Waals surface area contributed by atoms with Crippen molar-refractivity contribution < 1.29 is 22.0 Å². The molecule has 2 aromatic heterocycles. The first-order chi connectivity index (χ1) is 16.9. The topological polar surface area (TPSA) is 89.6 Å². The normalized spacial score (nSPS) is 15.9. The molecule has 1 aliphatic rings. The highest BCUT2D eigenvalue weighted by atomic mass is 32.2. The molecular weight excluding hydrogens is 491 g/mol. The van der Waals surface area contributed by atoms with Gasteiger partial charge in [0.15, 0.2) is 5.11 Å². The Morgan fingerprint density at radius 1 is 1.29 bits per heavy atom. The standard InChI is InChI=1S/C24H29FN4O4S2/c1-2-26-23(34)28(15-20-8-5-11-32-20)14-19-13-27-24(29(19)16-21-9-6-12-33-21)35(30,31)17-18-7-3-4-10-22(18)25/h3-5,7-8,10-11,13,21H,2,6,9,12,14-17H2,1H3,(H,26,34)/t21-/m0/s1. The molecule has 3 aromatic rings. The summed E-state index contributed by atoms with van der Waals surface area (Å²) in [5, 5.41) is 3.57. The maximum Gasteiger partial charge on any atom is 0.228 e. The van der Waals surface area contributed by atoms with Gasteiger partial charge in [0.2, 0.25) is 15.0 Å². The van der Waals surface area contributed by atoms with Gasteiger partial charge in [-0.2, -0.15) is 0 Å². The van der Waals surface area contributed by atoms with Crippen LogP contribution in [0.3, 0.4) is 0 Å². The van der Waals surface area contributed by atoms with E-state index in [1.54, 1.807) is 29.2 Å². The number of halogens is 1. The molecule has 4 rings (SSSR count). The molecule has 8 nitrogen and oxygen atoms in total. The van der Waals surface area contributed by atoms with E-state index in [0.29, 0.717) is 43.6 Å². The van der Waals surface area contributed by atoms with Gasteiger partial charge in [0.05, 0.1) is 49.6 Å². The zero-order chi connectivity index (χ0) is 24.8. The predicted molar refractivity (Wildman–Crippen MR) is 133 cm³/mol. The van der Waals surface area contributed by atoms with Gasteiger partial charge in [0, 0.05) is 18.7 Å². The Morgan fingerprint density at radius 3 is 2.80 bits per heavy atom. The van der Waals surface area contributed by atoms with Gasteiger partial charge >= 0.3 is 0 Å². The molecule has 0 saturated carbocycles. The summed E-state index contributed by atoms with van der Waals surface area (Å²) < 4.78 is 54.0. The van der Waals surface area contributed by atoms with Crippen molar-refractivity contribution in [1.29, 1.82) is 0 Å². The number of benzene rings is 1. The predicted octanol–water partition coefficient (Wildman–Crippen LogP) is 3.66. The molecule has 35 heavy (non-hydrogen) atoms. The molecule has 188 valence electrons. The van der Waals surface area contributed by atoms with Gasteiger partial charge in [-0.25, -0.2) is 17.8 Å². The van der Waals surface area contributed by atoms with Crippen LogP contribution in [0.4, 0.5) is 4.39 Å². The SMILES string of the molecule is CCNC(=S)N(Cc1ccco1)Cc1cnc(S(=O)(=O)Cc2ccccc2F)n1C[C@@H]1CCCO1. The van der Waals surface area contributed by atoms with Crippen LogP contribution in [0, 0.1) is 5.82 Å². The van der Waals surface area contributed by atoms with Crippen LogP contribution < -0.4 is 5.32 Å². The number of furan rings is 1. The number of hydrogen-bond acceptors (Lipinski definition) is 6. The van der Waals surface area contributed by atoms with Crippen molar-refractivity contribution in [1.82, 2.24) is 19.8 Å². The summed E-state index contributed by atoms with van der Waals surface area (Å²) in [5.41, 5.74) is 0.771. The van der Waals surface area contributed by atoms with Crippen LogP contribution in [-0.4, -0.2) is 47.2 Å². The second kappa shape index (κ2) is 11.3. The molecule has 1 saturated heterocycles. The van der Waals surface area contributed by atoms with E-state index in [1.165, 1.54) is 18.2 Å². The number of nitrogens with zero attached hydrogens (tertiary/aromatic N) is 3. The van der Waals surface area contributed by atoms with E-state index in [1.807, 2.05) is 17.9 Å². The van der Waals surface area contributed by atoms with E-state index in [0.717, 1.165) is 18.6 Å². The first-order valence-electron chi connectivity index (χ1n) is 11.5. The fourth-order valence-electron chi connectivity index (χ4n) is 4.09. The summed E-state index contributed by atoms with van der Waals surface area (Å²) in [4.78, 5) is 6.19. The Bertz CT molecular complexity index is 1240. The number of imidazole rings is 1. The van der Waals surface area contributed by atoms with Crippen LogP contribution in [0.5, 0.6) is 0 Å². The van der Waals surface area contributed by atoms with Gasteiger partial charge in [-0.1, -0.05) is 18.2 Å². The number of aromatic nitrogens is 2. The smallest absolute Gasteiger partial charge is 0.228 e. The lowest BCUT2D eigenvalue weighted by atomic mass is 10.2. The van der Waals surface area contributed by atoms with Gasteiger partial charge < -0.3 is 23.9 Å². The Hall–Kier alpha value is -2.76. The lowest BCUT2D eigenvalue weighted by Gasteiger charge is -2.26. The maximum absolute atomic E-state index is 14.2. The van der Waals surface area contributed by atoms with Crippen LogP contribution in [0.25, 0.3) is 0 Å². The minimum Gasteiger partial charge on any atom is -0.467 e. The zero-order valence-electron chi connectivity index (χ0n) is 19.5. The van der Waals surface area contributed by atoms with Crippen molar-refractivity contribution in [3.05, 3.63) is 71.7 Å². The molecule has 3 heterocycles. The molecule has 0 radical (unpaired) electrons. The largest absolute Gasteiger partial charge is 0.467 e. The van der Waals surface area contributed by atoms with E-state index in [9.17, 15) is 12.8 Å². The molecule has 1 aromatic carbocycles. The Morgan fingerprint density at radius 2 is 2.11 bits per heavy atom. The van der Waals surface area contributed by atoms with Crippen molar-refractivity contribution >= 4 is 27.2 Å². The summed E-state index contributed by atoms with van der Waals surface area (Å²) in [6, 6.07) is 9.54. The highest BCUT2D eigenvalue weighted by molar-refractivity contribution is 7.90. The number of thiocarbonyl (C=S) groups is 1. The van der Waals surface area contributed by atoms with Crippen molar-refractivity contribution in [3.63, 3.8) is 0 Å². The summed E-state index contributed by atoms with van der Waals surface area (Å²) in [5.74, 6) is -0.315. The Kier molecular flexibility index (Phi) is 8.19. The van der Waals surface area contributed by atoms with Crippen LogP contribution in [-0.2, 0) is 40.0 Å². The first kappa shape index (κ1) is 25.3. The summed E-state index contributed by atoms with van der Waals surface area (Å²) in [7, 11) is -3.93. The lowest BCUT2D eigenvalue weighted by molar-refractivity contribution is 0.0936. The summed E-state index contributed by atoms with van der Waals surface area (Å²) >= 11 is 5.57. The number of nitrogens with one attached hydrogen (secondary N) is 1. The average Bonchev–Trinajstić information content (AvgIpc) is 3.59. The number of hydrogen-bond donors (Lipinski definition) is 1. The molecule has 0 bridgehead atoms. The fraction of sp³-hybridized carbons (Fsp3) is 0.417. The van der Waals surface area contributed by atoms with Crippen LogP contribution >= 0.6 is 12.2 Å². The second-order valence-electron chi connectivity index (χ2n) is 8.40. The Labute approximate surface area is 210 Å². The number of ether oxygens (including phenoxy) is 1. The van der Waals surface area contributed by atoms with Crippen molar-refractivity contribution in [2.45, 2.75) is 56.4 Å². The molecule has 1 N–H and O–H groups in total. The quantitative estimate of drug-likeness (QED) is 0.405. The Balaban J connectivity index is 1.66. The molecule has 1 aliphatic heterocycles. The summed E-state index contributed by atoms with van der Waals surface area (Å²) in [6.45, 7) is 4.28. The summed E-state index contributed by atoms with van der Waals surface area (Å²) in [6.07, 6.45) is 4.77. The van der Waals surface area contributed by atoms with Crippen LogP contribution in [0.2, 0.25) is 0 Å². The van der Waals surface area contributed by atoms with Gasteiger partial charge in [-0.15, -0.1) is 0 Å². The molecule has 0 amide bonds. The monoisotopic (exact) mass is 520 g/mol. The highest BCUT2D eigenvalue weighted by Crippen LogP contribution is 2.24. The van der Waals surface area contributed by atoms with Crippen molar-refractivity contribution in [2.24, 2.45) is 0 Å². The van der Waals surface area contributed by atoms with Crippen molar-refractivity contribution in [2.75, 3.05) is 13.2 Å². The molecule has 11 heteroatoms. The molecule has 1 fully saturated rings. The highest BCUT2D eigenvalue weighted by Gasteiger charge is 2.28. The van der Waals surface area contributed by atoms with Gasteiger partial charge in [-0.3, -0.25) is 0 Å². The third kappa shape index (κ3) is 6.28. The van der Waals surface area contributed by atoms with Gasteiger partial charge in [0.25, 0.3) is 0 Å². The van der Waals surface area contributed by atoms with E-state index < -0.39 is 21.4 Å². The maximum atomic E-state index is 14.2. The third-order valence-electron chi connectivity index (χ3n) is 5.79. The molecular formula is C24H29FN4O4S2. The third-order valence-corrected chi connectivity index (χ3v) is 7.76. The minimum atomic E-state index is -3.93. The molecule has 1 atom stereocenters. The van der Waals surface area contributed by atoms with Crippen LogP contribution in [0.1, 0.15) is 36.8 Å². The van der Waals surface area contributed by atoms with E-state index in [2.05, 4.69) is 10.3 Å². The lowest BCUT2D eigenvalue weighted by Crippen LogP contribution is -2.39. The van der Waals surface area contributed by atoms with Crippen LogP contribution in [0.15, 0.2) is 58.4 Å². The second-order valence-corrected chi connectivity index (χ2v) is 10.7. The van der Waals surface area contributed by atoms with Gasteiger partial charge in [0.1, 0.15) is 11.6 Å². The minimum absolute atomic E-state index is 0.0985. The fourth-order valence-corrected chi connectivity index (χ4v) is 5.87. The van der Waals surface area contributed by atoms with E-state index in [-0.39, 0.29) is 16.8 Å². The molecule has 0 aliphatic carbocycles. The molecule has 0 unspecified atom stereocenters. The average molecular weight is 521 g/mol. The van der Waals surface area contributed by atoms with Crippen molar-refractivity contribution in [3.8, 4) is 0 Å². The zero-order valence-corrected chi connectivity index (χ0v) is 21.2. The van der Waals surface area contributed by atoms with E-state index >= 15 is 0 Å². The first-order valence-corrected chi connectivity index (χ1v) is 13.6.